The summed E-state index contributed by atoms with van der Waals surface area (Å²) in [6, 6.07) is 0. The van der Waals surface area contributed by atoms with E-state index in [0.717, 1.165) is 32.1 Å². The van der Waals surface area contributed by atoms with Crippen LogP contribution < -0.4 is 10.6 Å². The van der Waals surface area contributed by atoms with E-state index in [-0.39, 0.29) is 24.9 Å². The van der Waals surface area contributed by atoms with Gasteiger partial charge in [-0.3, -0.25) is 19.7 Å². The molecule has 0 unspecified atom stereocenters. The molecule has 0 radical (unpaired) electrons. The quantitative estimate of drug-likeness (QED) is 0.432. The summed E-state index contributed by atoms with van der Waals surface area (Å²) in [6.07, 6.45) is 5.65. The number of nitrogens with one attached hydrogen (secondary N) is 2. The van der Waals surface area contributed by atoms with Gasteiger partial charge in [-0.25, -0.2) is 0 Å². The maximum Gasteiger partial charge on any atom is 0.319 e. The third-order valence-corrected chi connectivity index (χ3v) is 2.49. The van der Waals surface area contributed by atoms with Crippen molar-refractivity contribution in [2.45, 2.75) is 38.5 Å². The molecule has 19 heavy (non-hydrogen) atoms. The minimum Gasteiger partial charge on any atom is -0.483 e. The second-order valence-corrected chi connectivity index (χ2v) is 4.05. The van der Waals surface area contributed by atoms with E-state index in [4.69, 9.17) is 14.6 Å². The zero-order chi connectivity index (χ0) is 14.3. The average Bonchev–Trinajstić information content (AvgIpc) is 2.38. The second kappa shape index (κ2) is 12.8. The normalized spacial score (nSPS) is 18.9. The van der Waals surface area contributed by atoms with E-state index in [1.54, 1.807) is 0 Å². The van der Waals surface area contributed by atoms with Crippen molar-refractivity contribution in [1.29, 1.82) is 0 Å². The molecule has 0 aromatic heterocycles. The Morgan fingerprint density at radius 1 is 1.11 bits per heavy atom. The summed E-state index contributed by atoms with van der Waals surface area (Å²) in [7, 11) is 0. The summed E-state index contributed by atoms with van der Waals surface area (Å²) in [4.78, 5) is 30.8. The molecule has 0 spiro atoms. The van der Waals surface area contributed by atoms with Crippen LogP contribution in [-0.2, 0) is 19.1 Å². The van der Waals surface area contributed by atoms with Gasteiger partial charge in [0.1, 0.15) is 0 Å². The lowest BCUT2D eigenvalue weighted by Gasteiger charge is -2.09. The molecule has 1 aliphatic heterocycles. The Hall–Kier alpha value is -1.63. The molecule has 0 atom stereocenters. The van der Waals surface area contributed by atoms with Gasteiger partial charge in [0.05, 0.1) is 19.8 Å². The van der Waals surface area contributed by atoms with Crippen molar-refractivity contribution >= 4 is 18.3 Å². The summed E-state index contributed by atoms with van der Waals surface area (Å²) in [6.45, 7) is 0.737. The van der Waals surface area contributed by atoms with Crippen LogP contribution in [0.4, 0.5) is 0 Å². The number of hydrogen-bond donors (Lipinski definition) is 3. The van der Waals surface area contributed by atoms with Crippen molar-refractivity contribution in [2.75, 3.05) is 19.8 Å². The number of carboxylic acid groups (broad SMARTS) is 1. The number of carbonyl (C=O) groups excluding carboxylic acids is 2. The molecule has 0 aromatic rings. The maximum absolute atomic E-state index is 11.3. The second-order valence-electron chi connectivity index (χ2n) is 4.05. The fraction of sp³-hybridized carbons (Fsp3) is 0.750. The van der Waals surface area contributed by atoms with Gasteiger partial charge in [0, 0.05) is 6.42 Å². The average molecular weight is 274 g/mol. The molecular formula is C12H22N2O5. The molecule has 0 aliphatic carbocycles. The van der Waals surface area contributed by atoms with E-state index >= 15 is 0 Å². The van der Waals surface area contributed by atoms with E-state index in [2.05, 4.69) is 10.6 Å². The fourth-order valence-electron chi connectivity index (χ4n) is 1.57. The Balaban J connectivity index is 0.000000982. The zero-order valence-electron chi connectivity index (χ0n) is 11.0. The summed E-state index contributed by atoms with van der Waals surface area (Å²) < 4.78 is 5.00. The molecule has 1 fully saturated rings. The molecule has 7 nitrogen and oxygen atoms in total. The van der Waals surface area contributed by atoms with Crippen LogP contribution in [0.5, 0.6) is 0 Å². The highest BCUT2D eigenvalue weighted by atomic mass is 16.5. The van der Waals surface area contributed by atoms with Gasteiger partial charge in [-0.05, 0) is 12.8 Å². The number of ether oxygens (including phenoxy) is 1. The van der Waals surface area contributed by atoms with Crippen LogP contribution in [0.25, 0.3) is 0 Å². The Kier molecular flexibility index (Phi) is 11.7. The molecule has 110 valence electrons. The number of cyclic esters (lactones) is 1. The maximum atomic E-state index is 11.3. The van der Waals surface area contributed by atoms with E-state index in [1.807, 2.05) is 0 Å². The molecule has 1 rings (SSSR count). The van der Waals surface area contributed by atoms with Gasteiger partial charge in [0.2, 0.25) is 5.91 Å². The standard InChI is InChI=1S/C11H20N2O3.CH2O2/c14-10-6-4-2-1-3-5-7-16-11(15)8-12-9-13-10;2-1-3/h12H,1-9H2,(H,13,14);1H,(H,2,3). The Morgan fingerprint density at radius 2 is 1.74 bits per heavy atom. The molecule has 0 bridgehead atoms. The zero-order valence-corrected chi connectivity index (χ0v) is 11.0. The van der Waals surface area contributed by atoms with Crippen molar-refractivity contribution in [3.8, 4) is 0 Å². The van der Waals surface area contributed by atoms with Gasteiger partial charge in [-0.15, -0.1) is 0 Å². The van der Waals surface area contributed by atoms with E-state index in [1.165, 1.54) is 0 Å². The first-order valence-corrected chi connectivity index (χ1v) is 6.41. The topological polar surface area (TPSA) is 105 Å². The fourth-order valence-corrected chi connectivity index (χ4v) is 1.57. The molecule has 1 saturated heterocycles. The summed E-state index contributed by atoms with van der Waals surface area (Å²) >= 11 is 0. The van der Waals surface area contributed by atoms with Crippen molar-refractivity contribution in [3.05, 3.63) is 0 Å². The molecule has 3 N–H and O–H groups in total. The Morgan fingerprint density at radius 3 is 2.47 bits per heavy atom. The van der Waals surface area contributed by atoms with Crippen LogP contribution in [0, 0.1) is 0 Å². The third-order valence-electron chi connectivity index (χ3n) is 2.49. The van der Waals surface area contributed by atoms with Gasteiger partial charge in [0.15, 0.2) is 0 Å². The number of amides is 1. The summed E-state index contributed by atoms with van der Waals surface area (Å²) in [5.74, 6) is -0.218. The van der Waals surface area contributed by atoms with Crippen LogP contribution in [0.15, 0.2) is 0 Å². The number of esters is 1. The van der Waals surface area contributed by atoms with E-state index < -0.39 is 0 Å². The SMILES string of the molecule is O=C1CCCCCCCOC(=O)CNCN1.O=CO. The van der Waals surface area contributed by atoms with Crippen LogP contribution >= 0.6 is 0 Å². The largest absolute Gasteiger partial charge is 0.483 e. The van der Waals surface area contributed by atoms with Crippen molar-refractivity contribution in [1.82, 2.24) is 10.6 Å². The summed E-state index contributed by atoms with van der Waals surface area (Å²) in [5.41, 5.74) is 0. The lowest BCUT2D eigenvalue weighted by Crippen LogP contribution is -2.36. The van der Waals surface area contributed by atoms with E-state index in [0.29, 0.717) is 19.7 Å². The molecular weight excluding hydrogens is 252 g/mol. The smallest absolute Gasteiger partial charge is 0.319 e. The minimum absolute atomic E-state index is 0.0397. The first kappa shape index (κ1) is 17.4. The molecule has 7 heteroatoms. The van der Waals surface area contributed by atoms with Crippen molar-refractivity contribution in [2.24, 2.45) is 0 Å². The molecule has 0 saturated carbocycles. The van der Waals surface area contributed by atoms with Crippen LogP contribution in [0.3, 0.4) is 0 Å². The highest BCUT2D eigenvalue weighted by molar-refractivity contribution is 5.76. The molecule has 1 heterocycles. The van der Waals surface area contributed by atoms with Gasteiger partial charge in [-0.2, -0.15) is 0 Å². The first-order chi connectivity index (χ1) is 9.20. The minimum atomic E-state index is -0.258. The summed E-state index contributed by atoms with van der Waals surface area (Å²) in [5, 5.41) is 12.4. The third kappa shape index (κ3) is 12.6. The van der Waals surface area contributed by atoms with Crippen molar-refractivity contribution < 1.29 is 24.2 Å². The lowest BCUT2D eigenvalue weighted by molar-refractivity contribution is -0.142. The van der Waals surface area contributed by atoms with Gasteiger partial charge >= 0.3 is 5.97 Å². The number of hydrogen-bond acceptors (Lipinski definition) is 5. The monoisotopic (exact) mass is 274 g/mol. The number of carbonyl (C=O) groups is 3. The molecule has 1 aliphatic rings. The predicted molar refractivity (Wildman–Crippen MR) is 68.4 cm³/mol. The molecule has 1 amide bonds. The first-order valence-electron chi connectivity index (χ1n) is 6.41. The highest BCUT2D eigenvalue weighted by Gasteiger charge is 2.04. The Bertz CT molecular complexity index is 247. The van der Waals surface area contributed by atoms with Crippen LogP contribution in [0.1, 0.15) is 38.5 Å². The molecule has 0 aromatic carbocycles. The predicted octanol–water partition coefficient (Wildman–Crippen LogP) is 0.248. The number of rotatable bonds is 0. The van der Waals surface area contributed by atoms with Crippen LogP contribution in [-0.4, -0.2) is 43.3 Å². The van der Waals surface area contributed by atoms with Crippen LogP contribution in [0.2, 0.25) is 0 Å². The van der Waals surface area contributed by atoms with Gasteiger partial charge in [0.25, 0.3) is 6.47 Å². The Labute approximate surface area is 112 Å². The van der Waals surface area contributed by atoms with Crippen molar-refractivity contribution in [3.63, 3.8) is 0 Å². The van der Waals surface area contributed by atoms with E-state index in [9.17, 15) is 9.59 Å². The lowest BCUT2D eigenvalue weighted by atomic mass is 10.1. The van der Waals surface area contributed by atoms with Gasteiger partial charge in [-0.1, -0.05) is 19.3 Å². The van der Waals surface area contributed by atoms with Gasteiger partial charge < -0.3 is 15.2 Å². The highest BCUT2D eigenvalue weighted by Crippen LogP contribution is 2.05.